The number of carbonyl (C=O) groups is 2. The highest BCUT2D eigenvalue weighted by molar-refractivity contribution is 6.07. The van der Waals surface area contributed by atoms with Crippen molar-refractivity contribution in [2.75, 3.05) is 10.6 Å². The van der Waals surface area contributed by atoms with Crippen LogP contribution in [0.25, 0.3) is 10.9 Å². The van der Waals surface area contributed by atoms with E-state index in [1.165, 1.54) is 6.26 Å². The Hall–Kier alpha value is -4.58. The number of benzene rings is 3. The summed E-state index contributed by atoms with van der Waals surface area (Å²) < 4.78 is 7.17. The number of furan rings is 1. The zero-order valence-electron chi connectivity index (χ0n) is 18.6. The van der Waals surface area contributed by atoms with Crippen molar-refractivity contribution in [1.82, 2.24) is 4.57 Å². The lowest BCUT2D eigenvalue weighted by Gasteiger charge is -2.12. The average molecular weight is 450 g/mol. The Morgan fingerprint density at radius 3 is 2.38 bits per heavy atom. The minimum Gasteiger partial charge on any atom is -0.459 e. The molecule has 5 rings (SSSR count). The molecule has 34 heavy (non-hydrogen) atoms. The fraction of sp³-hybridized carbons (Fsp3) is 0.0714. The summed E-state index contributed by atoms with van der Waals surface area (Å²) in [5, 5.41) is 6.68. The van der Waals surface area contributed by atoms with Crippen LogP contribution in [0.5, 0.6) is 0 Å². The molecule has 0 atom stereocenters. The number of carbonyl (C=O) groups excluding carboxylic acids is 2. The first-order chi connectivity index (χ1) is 16.6. The summed E-state index contributed by atoms with van der Waals surface area (Å²) in [5.74, 6) is -0.290. The fourth-order valence-electron chi connectivity index (χ4n) is 4.02. The Kier molecular flexibility index (Phi) is 5.70. The number of fused-ring (bicyclic) bond motifs is 1. The van der Waals surface area contributed by atoms with E-state index in [2.05, 4.69) is 22.8 Å². The first-order valence-electron chi connectivity index (χ1n) is 11.0. The smallest absolute Gasteiger partial charge is 0.291 e. The number of aromatic nitrogens is 1. The molecule has 0 aliphatic rings. The molecule has 6 heteroatoms. The number of nitrogens with zero attached hydrogens (tertiary/aromatic N) is 1. The van der Waals surface area contributed by atoms with Gasteiger partial charge in [0.25, 0.3) is 11.8 Å². The first-order valence-corrected chi connectivity index (χ1v) is 11.0. The van der Waals surface area contributed by atoms with Crippen molar-refractivity contribution in [3.05, 3.63) is 120 Å². The maximum absolute atomic E-state index is 13.3. The molecule has 0 radical (unpaired) electrons. The van der Waals surface area contributed by atoms with Crippen molar-refractivity contribution in [2.45, 2.75) is 13.5 Å². The highest BCUT2D eigenvalue weighted by atomic mass is 16.3. The van der Waals surface area contributed by atoms with Crippen LogP contribution in [0.3, 0.4) is 0 Å². The van der Waals surface area contributed by atoms with Crippen molar-refractivity contribution in [3.8, 4) is 0 Å². The monoisotopic (exact) mass is 449 g/mol. The lowest BCUT2D eigenvalue weighted by molar-refractivity contribution is 0.0994. The van der Waals surface area contributed by atoms with Crippen molar-refractivity contribution in [3.63, 3.8) is 0 Å². The normalized spacial score (nSPS) is 10.9. The van der Waals surface area contributed by atoms with Crippen LogP contribution in [0, 0.1) is 6.92 Å². The second-order valence-corrected chi connectivity index (χ2v) is 8.13. The molecule has 0 saturated carbocycles. The summed E-state index contributed by atoms with van der Waals surface area (Å²) in [6.07, 6.45) is 1.46. The van der Waals surface area contributed by atoms with Crippen LogP contribution in [-0.2, 0) is 6.54 Å². The molecule has 2 N–H and O–H groups in total. The Morgan fingerprint density at radius 1 is 0.794 bits per heavy atom. The molecule has 0 unspecified atom stereocenters. The van der Waals surface area contributed by atoms with Crippen LogP contribution in [0.1, 0.15) is 32.2 Å². The molecular formula is C28H23N3O3. The van der Waals surface area contributed by atoms with Gasteiger partial charge in [-0.2, -0.15) is 0 Å². The molecule has 2 heterocycles. The lowest BCUT2D eigenvalue weighted by Crippen LogP contribution is -2.17. The highest BCUT2D eigenvalue weighted by Crippen LogP contribution is 2.26. The van der Waals surface area contributed by atoms with Gasteiger partial charge in [-0.1, -0.05) is 48.0 Å². The van der Waals surface area contributed by atoms with Crippen molar-refractivity contribution < 1.29 is 14.0 Å². The van der Waals surface area contributed by atoms with E-state index in [1.54, 1.807) is 12.1 Å². The van der Waals surface area contributed by atoms with E-state index in [0.717, 1.165) is 27.7 Å². The van der Waals surface area contributed by atoms with Crippen LogP contribution in [-0.4, -0.2) is 16.4 Å². The summed E-state index contributed by atoms with van der Waals surface area (Å²) in [7, 11) is 0. The number of anilines is 2. The molecule has 0 saturated heterocycles. The molecule has 5 aromatic rings. The van der Waals surface area contributed by atoms with Gasteiger partial charge in [-0.05, 0) is 61.0 Å². The van der Waals surface area contributed by atoms with Gasteiger partial charge in [0, 0.05) is 28.8 Å². The molecule has 6 nitrogen and oxygen atoms in total. The summed E-state index contributed by atoms with van der Waals surface area (Å²) in [6.45, 7) is 2.59. The van der Waals surface area contributed by atoms with Crippen molar-refractivity contribution in [1.29, 1.82) is 0 Å². The van der Waals surface area contributed by atoms with Crippen LogP contribution < -0.4 is 10.6 Å². The second kappa shape index (κ2) is 9.11. The maximum atomic E-state index is 13.3. The molecule has 2 aromatic heterocycles. The van der Waals surface area contributed by atoms with Gasteiger partial charge in [0.2, 0.25) is 0 Å². The zero-order valence-corrected chi connectivity index (χ0v) is 18.6. The summed E-state index contributed by atoms with van der Waals surface area (Å²) in [4.78, 5) is 25.7. The van der Waals surface area contributed by atoms with E-state index < -0.39 is 0 Å². The molecule has 0 spiro atoms. The minimum atomic E-state index is -0.328. The highest BCUT2D eigenvalue weighted by Gasteiger charge is 2.17. The number of para-hydroxylation sites is 1. The minimum absolute atomic E-state index is 0.198. The Bertz CT molecular complexity index is 1470. The van der Waals surface area contributed by atoms with E-state index in [-0.39, 0.29) is 17.6 Å². The first kappa shape index (κ1) is 21.3. The molecule has 0 aliphatic heterocycles. The average Bonchev–Trinajstić information content (AvgIpc) is 3.49. The lowest BCUT2D eigenvalue weighted by atomic mass is 10.1. The summed E-state index contributed by atoms with van der Waals surface area (Å²) in [5.41, 5.74) is 5.04. The van der Waals surface area contributed by atoms with Crippen LogP contribution in [0.15, 0.2) is 102 Å². The zero-order chi connectivity index (χ0) is 23.5. The van der Waals surface area contributed by atoms with Crippen LogP contribution >= 0.6 is 0 Å². The summed E-state index contributed by atoms with van der Waals surface area (Å²) >= 11 is 0. The third kappa shape index (κ3) is 4.47. The van der Waals surface area contributed by atoms with Gasteiger partial charge in [-0.25, -0.2) is 0 Å². The van der Waals surface area contributed by atoms with Gasteiger partial charge in [-0.15, -0.1) is 0 Å². The van der Waals surface area contributed by atoms with E-state index in [9.17, 15) is 9.59 Å². The van der Waals surface area contributed by atoms with E-state index in [1.807, 2.05) is 78.2 Å². The molecule has 168 valence electrons. The Balaban J connectivity index is 1.52. The van der Waals surface area contributed by atoms with Gasteiger partial charge >= 0.3 is 0 Å². The predicted molar refractivity (Wildman–Crippen MR) is 133 cm³/mol. The quantitative estimate of drug-likeness (QED) is 0.329. The molecule has 3 aromatic carbocycles. The number of amides is 2. The van der Waals surface area contributed by atoms with Gasteiger partial charge in [0.15, 0.2) is 5.76 Å². The number of aryl methyl sites for hydroxylation is 1. The van der Waals surface area contributed by atoms with Crippen molar-refractivity contribution >= 4 is 34.1 Å². The molecular weight excluding hydrogens is 426 g/mol. The maximum Gasteiger partial charge on any atom is 0.291 e. The van der Waals surface area contributed by atoms with Crippen LogP contribution in [0.4, 0.5) is 11.4 Å². The Labute approximate surface area is 196 Å². The van der Waals surface area contributed by atoms with E-state index in [0.29, 0.717) is 17.9 Å². The number of nitrogens with one attached hydrogen (secondary N) is 2. The molecule has 0 bridgehead atoms. The standard InChI is InChI=1S/C28H23N3O3/c1-19-7-5-8-20(15-19)18-31-24-13-12-23(30-28(33)26-11-6-14-34-26)16-21(24)17-25(31)27(32)29-22-9-3-2-4-10-22/h2-17H,18H2,1H3,(H,29,32)(H,30,33). The van der Waals surface area contributed by atoms with Gasteiger partial charge in [-0.3, -0.25) is 9.59 Å². The van der Waals surface area contributed by atoms with Crippen molar-refractivity contribution in [2.24, 2.45) is 0 Å². The van der Waals surface area contributed by atoms with E-state index >= 15 is 0 Å². The SMILES string of the molecule is Cc1cccc(Cn2c(C(=O)Nc3ccccc3)cc3cc(NC(=O)c4ccco4)ccc32)c1. The second-order valence-electron chi connectivity index (χ2n) is 8.13. The van der Waals surface area contributed by atoms with Gasteiger partial charge in [0.05, 0.1) is 6.26 Å². The fourth-order valence-corrected chi connectivity index (χ4v) is 4.02. The topological polar surface area (TPSA) is 76.3 Å². The van der Waals surface area contributed by atoms with Gasteiger partial charge < -0.3 is 19.6 Å². The molecule has 0 aliphatic carbocycles. The Morgan fingerprint density at radius 2 is 1.62 bits per heavy atom. The van der Waals surface area contributed by atoms with Crippen LogP contribution in [0.2, 0.25) is 0 Å². The number of hydrogen-bond donors (Lipinski definition) is 2. The predicted octanol–water partition coefficient (Wildman–Crippen LogP) is 6.10. The third-order valence-corrected chi connectivity index (χ3v) is 5.59. The van der Waals surface area contributed by atoms with E-state index in [4.69, 9.17) is 4.42 Å². The summed E-state index contributed by atoms with van der Waals surface area (Å²) in [6, 6.07) is 28.3. The largest absolute Gasteiger partial charge is 0.459 e. The third-order valence-electron chi connectivity index (χ3n) is 5.59. The number of hydrogen-bond acceptors (Lipinski definition) is 3. The molecule has 0 fully saturated rings. The number of rotatable bonds is 6. The van der Waals surface area contributed by atoms with Gasteiger partial charge in [0.1, 0.15) is 5.69 Å². The molecule has 2 amide bonds.